The number of nitro groups is 1. The molecule has 1 N–H and O–H groups in total. The summed E-state index contributed by atoms with van der Waals surface area (Å²) in [5.74, 6) is -0.961. The zero-order valence-corrected chi connectivity index (χ0v) is 17.5. The molecule has 0 saturated carbocycles. The fourth-order valence-electron chi connectivity index (χ4n) is 3.07. The number of rotatable bonds is 7. The van der Waals surface area contributed by atoms with E-state index in [-0.39, 0.29) is 11.3 Å². The van der Waals surface area contributed by atoms with Crippen molar-refractivity contribution in [2.45, 2.75) is 16.3 Å². The van der Waals surface area contributed by atoms with Gasteiger partial charge < -0.3 is 5.32 Å². The number of aromatic nitrogens is 2. The van der Waals surface area contributed by atoms with Crippen LogP contribution < -0.4 is 5.32 Å². The summed E-state index contributed by atoms with van der Waals surface area (Å²) in [6.45, 7) is 0.530. The van der Waals surface area contributed by atoms with E-state index in [4.69, 9.17) is 0 Å². The van der Waals surface area contributed by atoms with Gasteiger partial charge in [-0.1, -0.05) is 36.0 Å². The summed E-state index contributed by atoms with van der Waals surface area (Å²) in [5, 5.41) is 18.2. The third-order valence-corrected chi connectivity index (χ3v) is 5.69. The van der Waals surface area contributed by atoms with Crippen molar-refractivity contribution in [2.75, 3.05) is 5.32 Å². The van der Waals surface area contributed by atoms with Gasteiger partial charge >= 0.3 is 0 Å². The molecule has 7 nitrogen and oxygen atoms in total. The molecule has 4 rings (SSSR count). The summed E-state index contributed by atoms with van der Waals surface area (Å²) in [5.41, 5.74) is 1.32. The highest BCUT2D eigenvalue weighted by molar-refractivity contribution is 7.99. The highest BCUT2D eigenvalue weighted by Gasteiger charge is 2.19. The lowest BCUT2D eigenvalue weighted by Gasteiger charge is -2.11. The Morgan fingerprint density at radius 2 is 1.91 bits per heavy atom. The number of nitrogens with zero attached hydrogens (tertiary/aromatic N) is 3. The number of nitro benzene ring substituents is 1. The van der Waals surface area contributed by atoms with Gasteiger partial charge in [-0.15, -0.1) is 0 Å². The molecule has 0 aliphatic rings. The molecule has 0 bridgehead atoms. The van der Waals surface area contributed by atoms with E-state index in [0.717, 1.165) is 17.3 Å². The number of amides is 1. The molecule has 1 amide bonds. The van der Waals surface area contributed by atoms with Crippen molar-refractivity contribution >= 4 is 29.0 Å². The van der Waals surface area contributed by atoms with Crippen molar-refractivity contribution in [3.05, 3.63) is 112 Å². The Labute approximate surface area is 187 Å². The van der Waals surface area contributed by atoms with Crippen LogP contribution in [-0.4, -0.2) is 20.6 Å². The molecule has 32 heavy (non-hydrogen) atoms. The van der Waals surface area contributed by atoms with Crippen molar-refractivity contribution in [1.82, 2.24) is 9.78 Å². The Bertz CT molecular complexity index is 1280. The van der Waals surface area contributed by atoms with Crippen molar-refractivity contribution in [3.8, 4) is 0 Å². The van der Waals surface area contributed by atoms with Crippen molar-refractivity contribution in [2.24, 2.45) is 0 Å². The molecule has 4 aromatic rings. The number of benzene rings is 3. The molecule has 1 heterocycles. The van der Waals surface area contributed by atoms with Gasteiger partial charge in [0.25, 0.3) is 11.6 Å². The Hall–Kier alpha value is -3.98. The molecule has 9 heteroatoms. The van der Waals surface area contributed by atoms with Gasteiger partial charge in [0.15, 0.2) is 0 Å². The van der Waals surface area contributed by atoms with Crippen LogP contribution >= 0.6 is 11.8 Å². The molecule has 0 spiro atoms. The standard InChI is InChI=1S/C23H17FN4O3S/c24-20-7-1-2-8-22(20)32-21-10-9-18(28(30)31)14-19(21)23(29)26-17-6-3-5-16(13-17)15-27-12-4-11-25-27/h1-14H,15H2,(H,26,29). The van der Waals surface area contributed by atoms with Gasteiger partial charge in [-0.05, 0) is 42.0 Å². The predicted molar refractivity (Wildman–Crippen MR) is 119 cm³/mol. The SMILES string of the molecule is O=C(Nc1cccc(Cn2cccn2)c1)c1cc([N+](=O)[O-])ccc1Sc1ccccc1F. The van der Waals surface area contributed by atoms with Gasteiger partial charge in [0.2, 0.25) is 0 Å². The maximum Gasteiger partial charge on any atom is 0.270 e. The van der Waals surface area contributed by atoms with Crippen LogP contribution in [0.3, 0.4) is 0 Å². The molecule has 160 valence electrons. The Morgan fingerprint density at radius 3 is 2.66 bits per heavy atom. The molecule has 0 atom stereocenters. The molecule has 0 aliphatic heterocycles. The topological polar surface area (TPSA) is 90.1 Å². The summed E-state index contributed by atoms with van der Waals surface area (Å²) in [4.78, 5) is 24.5. The van der Waals surface area contributed by atoms with Crippen LogP contribution in [0.1, 0.15) is 15.9 Å². The normalized spacial score (nSPS) is 10.7. The van der Waals surface area contributed by atoms with Crippen LogP contribution in [0.25, 0.3) is 0 Å². The maximum absolute atomic E-state index is 14.1. The number of anilines is 1. The third-order valence-electron chi connectivity index (χ3n) is 4.56. The summed E-state index contributed by atoms with van der Waals surface area (Å²) in [7, 11) is 0. The van der Waals surface area contributed by atoms with Crippen molar-refractivity contribution < 1.29 is 14.1 Å². The maximum atomic E-state index is 14.1. The third kappa shape index (κ3) is 5.01. The fraction of sp³-hybridized carbons (Fsp3) is 0.0435. The zero-order chi connectivity index (χ0) is 22.5. The number of hydrogen-bond donors (Lipinski definition) is 1. The van der Waals surface area contributed by atoms with Crippen LogP contribution in [0.2, 0.25) is 0 Å². The van der Waals surface area contributed by atoms with Gasteiger partial charge in [0, 0.05) is 40.0 Å². The van der Waals surface area contributed by atoms with Crippen molar-refractivity contribution in [1.29, 1.82) is 0 Å². The molecular formula is C23H17FN4O3S. The van der Waals surface area contributed by atoms with E-state index < -0.39 is 16.6 Å². The van der Waals surface area contributed by atoms with Crippen LogP contribution in [-0.2, 0) is 6.54 Å². The molecule has 1 aromatic heterocycles. The lowest BCUT2D eigenvalue weighted by Crippen LogP contribution is -2.14. The smallest absolute Gasteiger partial charge is 0.270 e. The molecule has 0 unspecified atom stereocenters. The molecule has 0 fully saturated rings. The second-order valence-electron chi connectivity index (χ2n) is 6.83. The Kier molecular flexibility index (Phi) is 6.27. The first-order valence-electron chi connectivity index (χ1n) is 9.58. The predicted octanol–water partition coefficient (Wildman–Crippen LogP) is 5.38. The lowest BCUT2D eigenvalue weighted by molar-refractivity contribution is -0.384. The first kappa shape index (κ1) is 21.3. The Morgan fingerprint density at radius 1 is 1.06 bits per heavy atom. The van der Waals surface area contributed by atoms with Gasteiger partial charge in [0.1, 0.15) is 5.82 Å². The van der Waals surface area contributed by atoms with Gasteiger partial charge in [-0.2, -0.15) is 5.10 Å². The van der Waals surface area contributed by atoms with Crippen molar-refractivity contribution in [3.63, 3.8) is 0 Å². The van der Waals surface area contributed by atoms with E-state index in [1.165, 1.54) is 24.3 Å². The average molecular weight is 448 g/mol. The minimum absolute atomic E-state index is 0.0879. The van der Waals surface area contributed by atoms with E-state index in [0.29, 0.717) is 22.0 Å². The van der Waals surface area contributed by atoms with Crippen LogP contribution in [0, 0.1) is 15.9 Å². The molecular weight excluding hydrogens is 431 g/mol. The van der Waals surface area contributed by atoms with E-state index in [1.807, 2.05) is 18.3 Å². The van der Waals surface area contributed by atoms with Crippen LogP contribution in [0.15, 0.2) is 95.0 Å². The number of non-ortho nitro benzene ring substituents is 1. The summed E-state index contributed by atoms with van der Waals surface area (Å²) >= 11 is 1.04. The minimum atomic E-state index is -0.570. The number of carbonyl (C=O) groups excluding carboxylic acids is 1. The molecule has 0 radical (unpaired) electrons. The number of hydrogen-bond acceptors (Lipinski definition) is 5. The molecule has 3 aromatic carbocycles. The summed E-state index contributed by atoms with van der Waals surface area (Å²) in [6, 6.07) is 19.2. The van der Waals surface area contributed by atoms with Crippen LogP contribution in [0.4, 0.5) is 15.8 Å². The van der Waals surface area contributed by atoms with E-state index >= 15 is 0 Å². The van der Waals surface area contributed by atoms with E-state index in [2.05, 4.69) is 10.4 Å². The first-order valence-corrected chi connectivity index (χ1v) is 10.4. The summed E-state index contributed by atoms with van der Waals surface area (Å²) in [6.07, 6.45) is 3.52. The summed E-state index contributed by atoms with van der Waals surface area (Å²) < 4.78 is 15.9. The zero-order valence-electron chi connectivity index (χ0n) is 16.6. The average Bonchev–Trinajstić information content (AvgIpc) is 3.28. The molecule has 0 saturated heterocycles. The van der Waals surface area contributed by atoms with Gasteiger partial charge in [0.05, 0.1) is 17.0 Å². The second kappa shape index (κ2) is 9.44. The highest BCUT2D eigenvalue weighted by atomic mass is 32.2. The van der Waals surface area contributed by atoms with Crippen LogP contribution in [0.5, 0.6) is 0 Å². The van der Waals surface area contributed by atoms with E-state index in [9.17, 15) is 19.3 Å². The minimum Gasteiger partial charge on any atom is -0.322 e. The van der Waals surface area contributed by atoms with Gasteiger partial charge in [-0.25, -0.2) is 4.39 Å². The number of carbonyl (C=O) groups is 1. The quantitative estimate of drug-likeness (QED) is 0.303. The fourth-order valence-corrected chi connectivity index (χ4v) is 4.02. The highest BCUT2D eigenvalue weighted by Crippen LogP contribution is 2.34. The lowest BCUT2D eigenvalue weighted by atomic mass is 10.1. The number of nitrogens with one attached hydrogen (secondary N) is 1. The second-order valence-corrected chi connectivity index (χ2v) is 7.91. The Balaban J connectivity index is 1.61. The van der Waals surface area contributed by atoms with E-state index in [1.54, 1.807) is 47.3 Å². The van der Waals surface area contributed by atoms with Gasteiger partial charge in [-0.3, -0.25) is 19.6 Å². The molecule has 0 aliphatic carbocycles. The largest absolute Gasteiger partial charge is 0.322 e. The number of halogens is 1. The first-order chi connectivity index (χ1) is 15.5. The monoisotopic (exact) mass is 448 g/mol.